The number of nitrogens with zero attached hydrogens (tertiary/aromatic N) is 5. The molecule has 3 N–H and O–H groups in total. The average Bonchev–Trinajstić information content (AvgIpc) is 3.41. The molecule has 1 fully saturated rings. The van der Waals surface area contributed by atoms with Gasteiger partial charge in [0, 0.05) is 18.7 Å². The van der Waals surface area contributed by atoms with E-state index in [2.05, 4.69) is 25.7 Å². The van der Waals surface area contributed by atoms with E-state index in [-0.39, 0.29) is 40.8 Å². The number of aromatic nitrogens is 5. The minimum absolute atomic E-state index is 0.00213. The zero-order valence-corrected chi connectivity index (χ0v) is 17.8. The number of carbonyl (C=O) groups excluding carboxylic acids is 1. The van der Waals surface area contributed by atoms with E-state index in [1.54, 1.807) is 0 Å². The minimum Gasteiger partial charge on any atom is -0.492 e. The molecule has 32 heavy (non-hydrogen) atoms. The maximum absolute atomic E-state index is 13.2. The summed E-state index contributed by atoms with van der Waals surface area (Å²) in [7, 11) is 0. The van der Waals surface area contributed by atoms with E-state index in [9.17, 15) is 23.5 Å². The summed E-state index contributed by atoms with van der Waals surface area (Å²) in [5, 5.41) is 20.5. The van der Waals surface area contributed by atoms with Gasteiger partial charge in [-0.2, -0.15) is 4.52 Å². The maximum Gasteiger partial charge on any atom is 0.281 e. The molecule has 170 valence electrons. The monoisotopic (exact) mass is 447 g/mol. The van der Waals surface area contributed by atoms with Crippen LogP contribution in [0.25, 0.3) is 5.65 Å². The highest BCUT2D eigenvalue weighted by molar-refractivity contribution is 5.96. The van der Waals surface area contributed by atoms with Crippen molar-refractivity contribution in [2.75, 3.05) is 5.32 Å². The Bertz CT molecular complexity index is 1230. The summed E-state index contributed by atoms with van der Waals surface area (Å²) in [6, 6.07) is 1.50. The second kappa shape index (κ2) is 7.84. The van der Waals surface area contributed by atoms with Crippen molar-refractivity contribution < 1.29 is 18.7 Å². The quantitative estimate of drug-likeness (QED) is 0.530. The second-order valence-corrected chi connectivity index (χ2v) is 8.95. The number of nitrogens with one attached hydrogen (secondary N) is 2. The van der Waals surface area contributed by atoms with Crippen LogP contribution in [0.3, 0.4) is 0 Å². The topological polar surface area (TPSA) is 126 Å². The molecule has 3 aromatic heterocycles. The van der Waals surface area contributed by atoms with Crippen LogP contribution in [-0.4, -0.2) is 41.2 Å². The van der Waals surface area contributed by atoms with Gasteiger partial charge in [-0.1, -0.05) is 20.8 Å². The molecule has 0 saturated heterocycles. The number of hydrogen-bond acceptors (Lipinski definition) is 7. The van der Waals surface area contributed by atoms with E-state index in [4.69, 9.17) is 0 Å². The first-order valence-corrected chi connectivity index (χ1v) is 10.1. The third-order valence-electron chi connectivity index (χ3n) is 4.77. The van der Waals surface area contributed by atoms with E-state index >= 15 is 0 Å². The Labute approximate surface area is 181 Å². The van der Waals surface area contributed by atoms with E-state index in [1.165, 1.54) is 10.6 Å². The molecule has 1 aliphatic rings. The lowest BCUT2D eigenvalue weighted by Gasteiger charge is -2.21. The summed E-state index contributed by atoms with van der Waals surface area (Å²) in [4.78, 5) is 33.3. The molecule has 10 nitrogen and oxygen atoms in total. The molecule has 0 unspecified atom stereocenters. The van der Waals surface area contributed by atoms with Crippen molar-refractivity contribution in [2.24, 2.45) is 5.41 Å². The SMILES string of the molecule is CC(C)(C)Cn1c(=O)c(C(=O)NC2CC2)c(O)n2nc(Nc3cnc(C(F)F)cn3)cc12. The summed E-state index contributed by atoms with van der Waals surface area (Å²) in [5.41, 5.74) is -1.54. The number of aromatic hydroxyl groups is 1. The Hall–Kier alpha value is -3.57. The van der Waals surface area contributed by atoms with Crippen LogP contribution in [0, 0.1) is 5.41 Å². The van der Waals surface area contributed by atoms with Gasteiger partial charge >= 0.3 is 0 Å². The van der Waals surface area contributed by atoms with Crippen molar-refractivity contribution in [3.63, 3.8) is 0 Å². The molecule has 3 heterocycles. The minimum atomic E-state index is -2.74. The largest absolute Gasteiger partial charge is 0.492 e. The van der Waals surface area contributed by atoms with Gasteiger partial charge in [-0.05, 0) is 18.3 Å². The van der Waals surface area contributed by atoms with Crippen molar-refractivity contribution in [2.45, 2.75) is 52.6 Å². The fourth-order valence-corrected chi connectivity index (χ4v) is 3.18. The standard InChI is InChI=1S/C20H23F2N7O3/c1-20(2,3)9-28-14-6-12(26-13-8-23-11(7-24-13)16(21)22)27-29(14)19(32)15(18(28)31)17(30)25-10-4-5-10/h6-8,10,16,32H,4-5,9H2,1-3H3,(H,25,30)(H,24,26,27). The number of alkyl halides is 2. The van der Waals surface area contributed by atoms with Gasteiger partial charge in [0.05, 0.1) is 12.4 Å². The number of fused-ring (bicyclic) bond motifs is 1. The zero-order valence-electron chi connectivity index (χ0n) is 17.8. The number of carbonyl (C=O) groups is 1. The molecule has 4 rings (SSSR count). The predicted molar refractivity (Wildman–Crippen MR) is 111 cm³/mol. The number of halogens is 2. The Kier molecular flexibility index (Phi) is 5.31. The van der Waals surface area contributed by atoms with Crippen molar-refractivity contribution in [1.82, 2.24) is 29.5 Å². The third kappa shape index (κ3) is 4.39. The van der Waals surface area contributed by atoms with E-state index in [1.807, 2.05) is 20.8 Å². The van der Waals surface area contributed by atoms with Crippen molar-refractivity contribution in [3.05, 3.63) is 40.1 Å². The maximum atomic E-state index is 13.2. The lowest BCUT2D eigenvalue weighted by atomic mass is 9.97. The smallest absolute Gasteiger partial charge is 0.281 e. The molecule has 0 spiro atoms. The molecule has 0 radical (unpaired) electrons. The van der Waals surface area contributed by atoms with Gasteiger partial charge in [0.1, 0.15) is 17.2 Å². The molecular weight excluding hydrogens is 424 g/mol. The van der Waals surface area contributed by atoms with E-state index < -0.39 is 29.5 Å². The van der Waals surface area contributed by atoms with Crippen LogP contribution in [0.1, 0.15) is 56.1 Å². The molecule has 12 heteroatoms. The van der Waals surface area contributed by atoms with Crippen LogP contribution < -0.4 is 16.2 Å². The predicted octanol–water partition coefficient (Wildman–Crippen LogP) is 2.61. The first-order valence-electron chi connectivity index (χ1n) is 10.1. The number of anilines is 2. The van der Waals surface area contributed by atoms with Crippen LogP contribution in [0.15, 0.2) is 23.3 Å². The number of hydrogen-bond donors (Lipinski definition) is 3. The first kappa shape index (κ1) is 21.7. The van der Waals surface area contributed by atoms with Crippen molar-refractivity contribution >= 4 is 23.2 Å². The average molecular weight is 447 g/mol. The zero-order chi connectivity index (χ0) is 23.2. The van der Waals surface area contributed by atoms with Crippen molar-refractivity contribution in [3.8, 4) is 5.88 Å². The number of amides is 1. The Balaban J connectivity index is 1.78. The fraction of sp³-hybridized carbons (Fsp3) is 0.450. The van der Waals surface area contributed by atoms with Gasteiger partial charge in [0.25, 0.3) is 17.9 Å². The van der Waals surface area contributed by atoms with Gasteiger partial charge in [0.15, 0.2) is 11.4 Å². The molecule has 0 bridgehead atoms. The summed E-state index contributed by atoms with van der Waals surface area (Å²) < 4.78 is 27.8. The Morgan fingerprint density at radius 3 is 2.53 bits per heavy atom. The Morgan fingerprint density at radius 1 is 1.25 bits per heavy atom. The summed E-state index contributed by atoms with van der Waals surface area (Å²) in [5.74, 6) is -0.909. The van der Waals surface area contributed by atoms with Gasteiger partial charge < -0.3 is 15.7 Å². The van der Waals surface area contributed by atoms with Crippen LogP contribution in [0.5, 0.6) is 5.88 Å². The number of rotatable bonds is 6. The van der Waals surface area contributed by atoms with E-state index in [0.717, 1.165) is 29.8 Å². The van der Waals surface area contributed by atoms with Gasteiger partial charge in [0.2, 0.25) is 5.88 Å². The second-order valence-electron chi connectivity index (χ2n) is 8.95. The van der Waals surface area contributed by atoms with Crippen LogP contribution >= 0.6 is 0 Å². The highest BCUT2D eigenvalue weighted by Crippen LogP contribution is 2.26. The van der Waals surface area contributed by atoms with Crippen molar-refractivity contribution in [1.29, 1.82) is 0 Å². The summed E-state index contributed by atoms with van der Waals surface area (Å²) in [6.45, 7) is 6.06. The summed E-state index contributed by atoms with van der Waals surface area (Å²) >= 11 is 0. The van der Waals surface area contributed by atoms with Gasteiger partial charge in [-0.25, -0.2) is 18.7 Å². The molecule has 1 amide bonds. The highest BCUT2D eigenvalue weighted by atomic mass is 19.3. The molecular formula is C20H23F2N7O3. The van der Waals surface area contributed by atoms with Gasteiger partial charge in [-0.3, -0.25) is 14.2 Å². The van der Waals surface area contributed by atoms with Crippen LogP contribution in [-0.2, 0) is 6.54 Å². The molecule has 1 aliphatic carbocycles. The van der Waals surface area contributed by atoms with Gasteiger partial charge in [-0.15, -0.1) is 5.10 Å². The normalized spacial score (nSPS) is 14.2. The molecule has 0 aromatic carbocycles. The highest BCUT2D eigenvalue weighted by Gasteiger charge is 2.30. The lowest BCUT2D eigenvalue weighted by molar-refractivity contribution is 0.0944. The van der Waals surface area contributed by atoms with E-state index in [0.29, 0.717) is 0 Å². The summed E-state index contributed by atoms with van der Waals surface area (Å²) in [6.07, 6.45) is 0.979. The Morgan fingerprint density at radius 2 is 1.97 bits per heavy atom. The first-order chi connectivity index (χ1) is 15.0. The molecule has 1 saturated carbocycles. The molecule has 3 aromatic rings. The third-order valence-corrected chi connectivity index (χ3v) is 4.77. The van der Waals surface area contributed by atoms with Crippen LogP contribution in [0.4, 0.5) is 20.4 Å². The lowest BCUT2D eigenvalue weighted by Crippen LogP contribution is -2.37. The molecule has 0 aliphatic heterocycles. The fourth-order valence-electron chi connectivity index (χ4n) is 3.18. The van der Waals surface area contributed by atoms with Crippen LogP contribution in [0.2, 0.25) is 0 Å². The molecule has 0 atom stereocenters.